The summed E-state index contributed by atoms with van der Waals surface area (Å²) < 4.78 is 0. The van der Waals surface area contributed by atoms with Crippen LogP contribution in [0.5, 0.6) is 0 Å². The second kappa shape index (κ2) is 7.09. The average molecular weight is 294 g/mol. The van der Waals surface area contributed by atoms with E-state index in [9.17, 15) is 0 Å². The number of hydrogen-bond acceptors (Lipinski definition) is 2. The molecule has 0 radical (unpaired) electrons. The van der Waals surface area contributed by atoms with Crippen LogP contribution < -0.4 is 5.32 Å². The Bertz CT molecular complexity index is 399. The molecular weight excluding hydrogens is 262 g/mol. The summed E-state index contributed by atoms with van der Waals surface area (Å²) in [5.41, 5.74) is 2.07. The second-order valence-electron chi connectivity index (χ2n) is 6.99. The van der Waals surface area contributed by atoms with Crippen LogP contribution in [0.25, 0.3) is 0 Å². The number of nitrogens with one attached hydrogen (secondary N) is 1. The number of hydrogen-bond donors (Lipinski definition) is 1. The van der Waals surface area contributed by atoms with Crippen molar-refractivity contribution in [2.75, 3.05) is 0 Å². The first-order chi connectivity index (χ1) is 9.56. The molecule has 1 nitrogen and oxygen atoms in total. The summed E-state index contributed by atoms with van der Waals surface area (Å²) in [6, 6.07) is 3.02. The lowest BCUT2D eigenvalue weighted by molar-refractivity contribution is 0.137. The third-order valence-corrected chi connectivity index (χ3v) is 6.48. The Morgan fingerprint density at radius 3 is 2.50 bits per heavy atom. The van der Waals surface area contributed by atoms with Crippen LogP contribution in [0.3, 0.4) is 0 Å². The minimum atomic E-state index is 0.536. The van der Waals surface area contributed by atoms with Gasteiger partial charge in [-0.25, -0.2) is 0 Å². The van der Waals surface area contributed by atoms with Crippen LogP contribution in [0.4, 0.5) is 0 Å². The summed E-state index contributed by atoms with van der Waals surface area (Å²) in [5.74, 6) is 0.929. The van der Waals surface area contributed by atoms with Gasteiger partial charge in [-0.1, -0.05) is 34.1 Å². The summed E-state index contributed by atoms with van der Waals surface area (Å²) in [7, 11) is 0. The monoisotopic (exact) mass is 293 g/mol. The molecule has 20 heavy (non-hydrogen) atoms. The molecular formula is C18H31NS. The predicted molar refractivity (Wildman–Crippen MR) is 90.4 cm³/mol. The highest BCUT2D eigenvalue weighted by molar-refractivity contribution is 7.10. The van der Waals surface area contributed by atoms with E-state index in [-0.39, 0.29) is 0 Å². The molecule has 0 aliphatic heterocycles. The van der Waals surface area contributed by atoms with Gasteiger partial charge < -0.3 is 5.32 Å². The fourth-order valence-electron chi connectivity index (χ4n) is 3.44. The molecule has 114 valence electrons. The molecule has 0 amide bonds. The Labute approximate surface area is 129 Å². The molecule has 0 saturated heterocycles. The van der Waals surface area contributed by atoms with Crippen LogP contribution in [0.15, 0.2) is 11.4 Å². The van der Waals surface area contributed by atoms with Crippen LogP contribution in [0, 0.1) is 11.3 Å². The SMILES string of the molecule is CCc1ccsc1CNC1CCC(C(C)(C)CC)CC1. The normalized spacial score (nSPS) is 24.0. The van der Waals surface area contributed by atoms with Crippen LogP contribution >= 0.6 is 11.3 Å². The first-order valence-electron chi connectivity index (χ1n) is 8.35. The van der Waals surface area contributed by atoms with Crippen molar-refractivity contribution in [1.82, 2.24) is 5.32 Å². The van der Waals surface area contributed by atoms with E-state index >= 15 is 0 Å². The topological polar surface area (TPSA) is 12.0 Å². The molecule has 1 heterocycles. The van der Waals surface area contributed by atoms with Gasteiger partial charge >= 0.3 is 0 Å². The molecule has 0 aromatic carbocycles. The molecule has 2 rings (SSSR count). The fourth-order valence-corrected chi connectivity index (χ4v) is 4.37. The van der Waals surface area contributed by atoms with Crippen LogP contribution in [0.1, 0.15) is 70.2 Å². The largest absolute Gasteiger partial charge is 0.309 e. The first-order valence-corrected chi connectivity index (χ1v) is 9.23. The molecule has 1 aromatic rings. The predicted octanol–water partition coefficient (Wildman–Crippen LogP) is 5.40. The summed E-state index contributed by atoms with van der Waals surface area (Å²) in [6.07, 6.45) is 8.01. The van der Waals surface area contributed by atoms with Gasteiger partial charge in [-0.05, 0) is 60.4 Å². The molecule has 1 aliphatic carbocycles. The minimum absolute atomic E-state index is 0.536. The van der Waals surface area contributed by atoms with E-state index in [4.69, 9.17) is 0 Å². The van der Waals surface area contributed by atoms with E-state index in [2.05, 4.69) is 44.5 Å². The van der Waals surface area contributed by atoms with Crippen LogP contribution in [-0.2, 0) is 13.0 Å². The van der Waals surface area contributed by atoms with E-state index in [0.29, 0.717) is 5.41 Å². The van der Waals surface area contributed by atoms with E-state index in [0.717, 1.165) is 24.9 Å². The number of thiophene rings is 1. The van der Waals surface area contributed by atoms with Crippen molar-refractivity contribution < 1.29 is 0 Å². The maximum absolute atomic E-state index is 3.80. The van der Waals surface area contributed by atoms with Gasteiger partial charge in [0.15, 0.2) is 0 Å². The Kier molecular flexibility index (Phi) is 5.68. The van der Waals surface area contributed by atoms with Gasteiger partial charge in [-0.15, -0.1) is 11.3 Å². The lowest BCUT2D eigenvalue weighted by Crippen LogP contribution is -2.36. The molecule has 0 atom stereocenters. The minimum Gasteiger partial charge on any atom is -0.309 e. The summed E-state index contributed by atoms with van der Waals surface area (Å²) in [6.45, 7) is 10.6. The van der Waals surface area contributed by atoms with E-state index in [1.165, 1.54) is 37.7 Å². The van der Waals surface area contributed by atoms with Gasteiger partial charge in [-0.2, -0.15) is 0 Å². The molecule has 1 N–H and O–H groups in total. The Hall–Kier alpha value is -0.340. The standard InChI is InChI=1S/C18H31NS/c1-5-14-11-12-20-17(14)13-19-16-9-7-15(8-10-16)18(3,4)6-2/h11-12,15-16,19H,5-10,13H2,1-4H3. The van der Waals surface area contributed by atoms with E-state index in [1.807, 2.05) is 11.3 Å². The highest BCUT2D eigenvalue weighted by Gasteiger charge is 2.31. The van der Waals surface area contributed by atoms with Gasteiger partial charge in [0, 0.05) is 17.5 Å². The molecule has 0 unspecified atom stereocenters. The van der Waals surface area contributed by atoms with Gasteiger partial charge in [-0.3, -0.25) is 0 Å². The fraction of sp³-hybridized carbons (Fsp3) is 0.778. The first kappa shape index (κ1) is 16.0. The molecule has 1 aromatic heterocycles. The quantitative estimate of drug-likeness (QED) is 0.741. The Morgan fingerprint density at radius 1 is 1.20 bits per heavy atom. The maximum atomic E-state index is 3.80. The van der Waals surface area contributed by atoms with E-state index in [1.54, 1.807) is 4.88 Å². The molecule has 1 fully saturated rings. The van der Waals surface area contributed by atoms with Crippen LogP contribution in [0.2, 0.25) is 0 Å². The molecule has 0 bridgehead atoms. The maximum Gasteiger partial charge on any atom is 0.0305 e. The Balaban J connectivity index is 1.78. The molecule has 0 spiro atoms. The second-order valence-corrected chi connectivity index (χ2v) is 7.99. The van der Waals surface area contributed by atoms with Gasteiger partial charge in [0.05, 0.1) is 0 Å². The lowest BCUT2D eigenvalue weighted by Gasteiger charge is -2.39. The van der Waals surface area contributed by atoms with Crippen molar-refractivity contribution >= 4 is 11.3 Å². The van der Waals surface area contributed by atoms with E-state index < -0.39 is 0 Å². The van der Waals surface area contributed by atoms with Gasteiger partial charge in [0.1, 0.15) is 0 Å². The molecule has 1 aliphatic rings. The van der Waals surface area contributed by atoms with Gasteiger partial charge in [0.2, 0.25) is 0 Å². The Morgan fingerprint density at radius 2 is 1.90 bits per heavy atom. The van der Waals surface area contributed by atoms with Gasteiger partial charge in [0.25, 0.3) is 0 Å². The summed E-state index contributed by atoms with van der Waals surface area (Å²) in [5, 5.41) is 6.03. The van der Waals surface area contributed by atoms with Crippen LogP contribution in [-0.4, -0.2) is 6.04 Å². The zero-order chi connectivity index (χ0) is 14.6. The van der Waals surface area contributed by atoms with Crippen molar-refractivity contribution in [2.24, 2.45) is 11.3 Å². The van der Waals surface area contributed by atoms with Crippen molar-refractivity contribution in [2.45, 2.75) is 78.8 Å². The third-order valence-electron chi connectivity index (χ3n) is 5.51. The van der Waals surface area contributed by atoms with Crippen molar-refractivity contribution in [3.05, 3.63) is 21.9 Å². The van der Waals surface area contributed by atoms with Crippen molar-refractivity contribution in [3.8, 4) is 0 Å². The average Bonchev–Trinajstić information content (AvgIpc) is 2.93. The smallest absolute Gasteiger partial charge is 0.0305 e. The summed E-state index contributed by atoms with van der Waals surface area (Å²) >= 11 is 1.91. The summed E-state index contributed by atoms with van der Waals surface area (Å²) in [4.78, 5) is 1.54. The highest BCUT2D eigenvalue weighted by atomic mass is 32.1. The van der Waals surface area contributed by atoms with Crippen molar-refractivity contribution in [3.63, 3.8) is 0 Å². The molecule has 1 saturated carbocycles. The lowest BCUT2D eigenvalue weighted by atomic mass is 9.69. The molecule has 2 heteroatoms. The third kappa shape index (κ3) is 3.85. The highest BCUT2D eigenvalue weighted by Crippen LogP contribution is 2.40. The van der Waals surface area contributed by atoms with Crippen molar-refractivity contribution in [1.29, 1.82) is 0 Å². The number of rotatable bonds is 6. The number of aryl methyl sites for hydroxylation is 1. The zero-order valence-electron chi connectivity index (χ0n) is 13.7. The zero-order valence-corrected chi connectivity index (χ0v) is 14.5.